The lowest BCUT2D eigenvalue weighted by atomic mass is 9.97. The summed E-state index contributed by atoms with van der Waals surface area (Å²) in [5.74, 6) is 0.713. The molecular weight excluding hydrogens is 290 g/mol. The van der Waals surface area contributed by atoms with E-state index in [4.69, 9.17) is 5.73 Å². The molecule has 1 amide bonds. The maximum Gasteiger partial charge on any atom is 0.222 e. The molecule has 0 aromatic heterocycles. The van der Waals surface area contributed by atoms with E-state index < -0.39 is 10.0 Å². The van der Waals surface area contributed by atoms with Gasteiger partial charge >= 0.3 is 0 Å². The molecule has 0 saturated carbocycles. The number of piperidine rings is 1. The first-order valence-corrected chi connectivity index (χ1v) is 9.59. The highest BCUT2D eigenvalue weighted by molar-refractivity contribution is 7.89. The molecule has 0 spiro atoms. The Morgan fingerprint density at radius 3 is 2.29 bits per heavy atom. The molecule has 2 fully saturated rings. The van der Waals surface area contributed by atoms with Gasteiger partial charge < -0.3 is 10.6 Å². The lowest BCUT2D eigenvalue weighted by Gasteiger charge is -2.31. The molecule has 0 aliphatic carbocycles. The van der Waals surface area contributed by atoms with Gasteiger partial charge in [-0.2, -0.15) is 0 Å². The first-order chi connectivity index (χ1) is 10.0. The fourth-order valence-electron chi connectivity index (χ4n) is 3.08. The Hall–Kier alpha value is -0.660. The SMILES string of the molecule is NCC1CCN(C(=O)CCCS(=O)(=O)N2CCCC2)CC1. The summed E-state index contributed by atoms with van der Waals surface area (Å²) in [6, 6.07) is 0. The van der Waals surface area contributed by atoms with Crippen LogP contribution in [0.2, 0.25) is 0 Å². The summed E-state index contributed by atoms with van der Waals surface area (Å²) >= 11 is 0. The van der Waals surface area contributed by atoms with Crippen molar-refractivity contribution in [2.75, 3.05) is 38.5 Å². The second-order valence-corrected chi connectivity index (χ2v) is 8.17. The summed E-state index contributed by atoms with van der Waals surface area (Å²) < 4.78 is 25.7. The molecule has 2 heterocycles. The molecule has 2 saturated heterocycles. The van der Waals surface area contributed by atoms with Gasteiger partial charge in [0.25, 0.3) is 0 Å². The van der Waals surface area contributed by atoms with Crippen molar-refractivity contribution in [1.29, 1.82) is 0 Å². The highest BCUT2D eigenvalue weighted by Crippen LogP contribution is 2.18. The van der Waals surface area contributed by atoms with Gasteiger partial charge in [0.2, 0.25) is 15.9 Å². The predicted molar refractivity (Wildman–Crippen MR) is 82.2 cm³/mol. The number of carbonyl (C=O) groups is 1. The molecule has 2 N–H and O–H groups in total. The van der Waals surface area contributed by atoms with Crippen LogP contribution in [0.1, 0.15) is 38.5 Å². The minimum absolute atomic E-state index is 0.0853. The first-order valence-electron chi connectivity index (χ1n) is 7.98. The maximum atomic E-state index is 12.1. The number of nitrogens with two attached hydrogens (primary N) is 1. The largest absolute Gasteiger partial charge is 0.343 e. The third-order valence-electron chi connectivity index (χ3n) is 4.55. The summed E-state index contributed by atoms with van der Waals surface area (Å²) in [5.41, 5.74) is 5.64. The van der Waals surface area contributed by atoms with Crippen LogP contribution in [-0.2, 0) is 14.8 Å². The zero-order valence-electron chi connectivity index (χ0n) is 12.7. The normalized spacial score (nSPS) is 21.9. The van der Waals surface area contributed by atoms with Gasteiger partial charge in [-0.25, -0.2) is 12.7 Å². The van der Waals surface area contributed by atoms with E-state index in [1.165, 1.54) is 0 Å². The topological polar surface area (TPSA) is 83.7 Å². The Bertz CT molecular complexity index is 438. The Labute approximate surface area is 127 Å². The van der Waals surface area contributed by atoms with E-state index in [1.807, 2.05) is 4.90 Å². The van der Waals surface area contributed by atoms with Crippen LogP contribution in [0, 0.1) is 5.92 Å². The zero-order chi connectivity index (χ0) is 15.3. The molecule has 2 aliphatic rings. The number of amides is 1. The van der Waals surface area contributed by atoms with Gasteiger partial charge in [-0.05, 0) is 44.6 Å². The third kappa shape index (κ3) is 4.66. The number of carbonyl (C=O) groups excluding carboxylic acids is 1. The van der Waals surface area contributed by atoms with E-state index >= 15 is 0 Å². The number of nitrogens with zero attached hydrogens (tertiary/aromatic N) is 2. The average Bonchev–Trinajstić information content (AvgIpc) is 3.02. The molecule has 2 rings (SSSR count). The molecule has 0 radical (unpaired) electrons. The second-order valence-electron chi connectivity index (χ2n) is 6.09. The standard InChI is InChI=1S/C14H27N3O3S/c15-12-13-5-9-16(10-6-13)14(18)4-3-11-21(19,20)17-7-1-2-8-17/h13H,1-12,15H2. The number of sulfonamides is 1. The minimum atomic E-state index is -3.15. The third-order valence-corrected chi connectivity index (χ3v) is 6.51. The molecule has 122 valence electrons. The number of rotatable bonds is 6. The molecule has 0 aromatic carbocycles. The van der Waals surface area contributed by atoms with Crippen LogP contribution in [0.5, 0.6) is 0 Å². The van der Waals surface area contributed by atoms with Crippen molar-refractivity contribution >= 4 is 15.9 Å². The van der Waals surface area contributed by atoms with Gasteiger partial charge in [-0.1, -0.05) is 0 Å². The van der Waals surface area contributed by atoms with E-state index in [2.05, 4.69) is 0 Å². The minimum Gasteiger partial charge on any atom is -0.343 e. The van der Waals surface area contributed by atoms with E-state index in [9.17, 15) is 13.2 Å². The van der Waals surface area contributed by atoms with Crippen LogP contribution in [0.4, 0.5) is 0 Å². The quantitative estimate of drug-likeness (QED) is 0.768. The average molecular weight is 317 g/mol. The summed E-state index contributed by atoms with van der Waals surface area (Å²) in [5, 5.41) is 0. The first kappa shape index (κ1) is 16.7. The molecule has 21 heavy (non-hydrogen) atoms. The fourth-order valence-corrected chi connectivity index (χ4v) is 4.66. The number of hydrogen-bond donors (Lipinski definition) is 1. The lowest BCUT2D eigenvalue weighted by molar-refractivity contribution is -0.132. The van der Waals surface area contributed by atoms with Crippen molar-refractivity contribution in [3.63, 3.8) is 0 Å². The van der Waals surface area contributed by atoms with E-state index in [-0.39, 0.29) is 11.7 Å². The lowest BCUT2D eigenvalue weighted by Crippen LogP contribution is -2.40. The fraction of sp³-hybridized carbons (Fsp3) is 0.929. The Balaban J connectivity index is 1.69. The van der Waals surface area contributed by atoms with Crippen LogP contribution in [-0.4, -0.2) is 62.0 Å². The van der Waals surface area contributed by atoms with E-state index in [0.717, 1.165) is 38.8 Å². The van der Waals surface area contributed by atoms with E-state index in [1.54, 1.807) is 4.31 Å². The molecule has 0 bridgehead atoms. The monoisotopic (exact) mass is 317 g/mol. The zero-order valence-corrected chi connectivity index (χ0v) is 13.5. The van der Waals surface area contributed by atoms with Gasteiger partial charge in [0.1, 0.15) is 0 Å². The van der Waals surface area contributed by atoms with Crippen LogP contribution < -0.4 is 5.73 Å². The van der Waals surface area contributed by atoms with Gasteiger partial charge in [0.05, 0.1) is 5.75 Å². The van der Waals surface area contributed by atoms with E-state index in [0.29, 0.717) is 38.4 Å². The molecule has 0 unspecified atom stereocenters. The highest BCUT2D eigenvalue weighted by Gasteiger charge is 2.26. The summed E-state index contributed by atoms with van der Waals surface area (Å²) in [6.45, 7) is 3.50. The number of likely N-dealkylation sites (tertiary alicyclic amines) is 1. The van der Waals surface area contributed by atoms with Gasteiger partial charge in [0.15, 0.2) is 0 Å². The smallest absolute Gasteiger partial charge is 0.222 e. The maximum absolute atomic E-state index is 12.1. The predicted octanol–water partition coefficient (Wildman–Crippen LogP) is 0.390. The summed E-state index contributed by atoms with van der Waals surface area (Å²) in [7, 11) is -3.15. The molecule has 2 aliphatic heterocycles. The Morgan fingerprint density at radius 1 is 1.10 bits per heavy atom. The van der Waals surface area contributed by atoms with Crippen LogP contribution in [0.25, 0.3) is 0 Å². The molecule has 7 heteroatoms. The molecule has 0 aromatic rings. The second kappa shape index (κ2) is 7.56. The van der Waals surface area contributed by atoms with Crippen molar-refractivity contribution in [3.05, 3.63) is 0 Å². The van der Waals surface area contributed by atoms with Crippen LogP contribution >= 0.6 is 0 Å². The van der Waals surface area contributed by atoms with Crippen molar-refractivity contribution in [1.82, 2.24) is 9.21 Å². The van der Waals surface area contributed by atoms with Gasteiger partial charge in [0, 0.05) is 32.6 Å². The van der Waals surface area contributed by atoms with Crippen LogP contribution in [0.3, 0.4) is 0 Å². The van der Waals surface area contributed by atoms with Crippen LogP contribution in [0.15, 0.2) is 0 Å². The molecular formula is C14H27N3O3S. The van der Waals surface area contributed by atoms with Crippen molar-refractivity contribution in [2.45, 2.75) is 38.5 Å². The van der Waals surface area contributed by atoms with Crippen molar-refractivity contribution in [2.24, 2.45) is 11.7 Å². The summed E-state index contributed by atoms with van der Waals surface area (Å²) in [6.07, 6.45) is 4.60. The summed E-state index contributed by atoms with van der Waals surface area (Å²) in [4.78, 5) is 13.9. The van der Waals surface area contributed by atoms with Gasteiger partial charge in [-0.3, -0.25) is 4.79 Å². The highest BCUT2D eigenvalue weighted by atomic mass is 32.2. The Morgan fingerprint density at radius 2 is 1.71 bits per heavy atom. The van der Waals surface area contributed by atoms with Crippen molar-refractivity contribution in [3.8, 4) is 0 Å². The van der Waals surface area contributed by atoms with Crippen molar-refractivity contribution < 1.29 is 13.2 Å². The van der Waals surface area contributed by atoms with Gasteiger partial charge in [-0.15, -0.1) is 0 Å². The number of hydrogen-bond acceptors (Lipinski definition) is 4. The molecule has 6 nitrogen and oxygen atoms in total. The Kier molecular flexibility index (Phi) is 6.01. The molecule has 0 atom stereocenters.